The number of carbonyl (C=O) groups excluding carboxylic acids is 2. The fourth-order valence-electron chi connectivity index (χ4n) is 5.56. The maximum Gasteiger partial charge on any atom is 0.326 e. The summed E-state index contributed by atoms with van der Waals surface area (Å²) in [6, 6.07) is 14.1. The monoisotopic (exact) mass is 634 g/mol. The molecule has 0 spiro atoms. The molecule has 12 nitrogen and oxygen atoms in total. The standard InChI is InChI=1S/C34H46N6O6/c1-5-6-15-30(42)40(21-24-16-18-25(19-17-24)27-12-7-8-13-28(27)32-36-38-39-37-32)31(34(45)46)23(4)20-35-29(41)14-10-9-11-26(22(2)3)33(43)44/h7-8,12-13,16-19,22-23,26,31H,5-6,9-11,14-15,20-21H2,1-4H3,(H,35,41)(H,43,44)(H,45,46)(H,36,37,38,39)/t23?,26-,31-/m0/s1. The molecule has 1 heterocycles. The van der Waals surface area contributed by atoms with Crippen molar-refractivity contribution in [3.63, 3.8) is 0 Å². The lowest BCUT2D eigenvalue weighted by molar-refractivity contribution is -0.153. The summed E-state index contributed by atoms with van der Waals surface area (Å²) in [5.41, 5.74) is 3.39. The van der Waals surface area contributed by atoms with Gasteiger partial charge in [0, 0.05) is 37.4 Å². The van der Waals surface area contributed by atoms with Crippen molar-refractivity contribution >= 4 is 23.8 Å². The SMILES string of the molecule is CCCCC(=O)N(Cc1ccc(-c2ccccc2-c2nn[nH]n2)cc1)[C@H](C(=O)O)C(C)CNC(=O)CCCC[C@H](C(=O)O)C(C)C. The number of nitrogens with zero attached hydrogens (tertiary/aromatic N) is 4. The van der Waals surface area contributed by atoms with E-state index in [1.807, 2.05) is 69.3 Å². The Labute approximate surface area is 270 Å². The van der Waals surface area contributed by atoms with Gasteiger partial charge in [0.15, 0.2) is 0 Å². The Kier molecular flexibility index (Phi) is 13.9. The first-order valence-corrected chi connectivity index (χ1v) is 16.0. The number of unbranched alkanes of at least 4 members (excludes halogenated alkanes) is 2. The van der Waals surface area contributed by atoms with Gasteiger partial charge in [-0.1, -0.05) is 89.1 Å². The van der Waals surface area contributed by atoms with Crippen LogP contribution in [0.5, 0.6) is 0 Å². The van der Waals surface area contributed by atoms with Crippen molar-refractivity contribution in [2.75, 3.05) is 6.54 Å². The quantitative estimate of drug-likeness (QED) is 0.129. The second kappa shape index (κ2) is 17.8. The van der Waals surface area contributed by atoms with E-state index < -0.39 is 29.8 Å². The first-order chi connectivity index (χ1) is 22.0. The zero-order valence-corrected chi connectivity index (χ0v) is 27.1. The number of hydrogen-bond donors (Lipinski definition) is 4. The van der Waals surface area contributed by atoms with Crippen LogP contribution in [0.1, 0.15) is 78.2 Å². The number of carbonyl (C=O) groups is 4. The molecule has 4 N–H and O–H groups in total. The van der Waals surface area contributed by atoms with Gasteiger partial charge in [-0.15, -0.1) is 10.2 Å². The Morgan fingerprint density at radius 3 is 2.17 bits per heavy atom. The third kappa shape index (κ3) is 10.2. The smallest absolute Gasteiger partial charge is 0.326 e. The fraction of sp³-hybridized carbons (Fsp3) is 0.500. The van der Waals surface area contributed by atoms with Crippen molar-refractivity contribution in [3.8, 4) is 22.5 Å². The van der Waals surface area contributed by atoms with Gasteiger partial charge in [0.2, 0.25) is 17.6 Å². The Morgan fingerprint density at radius 1 is 0.891 bits per heavy atom. The lowest BCUT2D eigenvalue weighted by atomic mass is 9.90. The number of rotatable bonds is 19. The lowest BCUT2D eigenvalue weighted by Gasteiger charge is -2.33. The van der Waals surface area contributed by atoms with Crippen LogP contribution in [-0.2, 0) is 25.7 Å². The number of H-pyrrole nitrogens is 1. The second-order valence-corrected chi connectivity index (χ2v) is 12.1. The predicted octanol–water partition coefficient (Wildman–Crippen LogP) is 5.18. The maximum absolute atomic E-state index is 13.4. The van der Waals surface area contributed by atoms with Crippen molar-refractivity contribution in [3.05, 3.63) is 54.1 Å². The van der Waals surface area contributed by atoms with Gasteiger partial charge < -0.3 is 20.4 Å². The van der Waals surface area contributed by atoms with Crippen LogP contribution in [0.4, 0.5) is 0 Å². The van der Waals surface area contributed by atoms with Crippen molar-refractivity contribution in [1.29, 1.82) is 0 Å². The molecule has 3 rings (SSSR count). The van der Waals surface area contributed by atoms with E-state index in [1.165, 1.54) is 4.90 Å². The number of aromatic nitrogens is 4. The predicted molar refractivity (Wildman–Crippen MR) is 173 cm³/mol. The number of nitrogens with one attached hydrogen (secondary N) is 2. The van der Waals surface area contributed by atoms with Crippen LogP contribution in [0.3, 0.4) is 0 Å². The number of tetrazole rings is 1. The minimum absolute atomic E-state index is 0.0144. The van der Waals surface area contributed by atoms with Crippen molar-refractivity contribution in [2.24, 2.45) is 17.8 Å². The molecule has 1 unspecified atom stereocenters. The van der Waals surface area contributed by atoms with E-state index in [1.54, 1.807) is 6.92 Å². The molecule has 248 valence electrons. The van der Waals surface area contributed by atoms with Crippen LogP contribution in [0.15, 0.2) is 48.5 Å². The Morgan fingerprint density at radius 2 is 1.59 bits per heavy atom. The topological polar surface area (TPSA) is 178 Å². The van der Waals surface area contributed by atoms with E-state index in [4.69, 9.17) is 0 Å². The number of carboxylic acid groups (broad SMARTS) is 2. The summed E-state index contributed by atoms with van der Waals surface area (Å²) in [6.45, 7) is 7.62. The van der Waals surface area contributed by atoms with Crippen molar-refractivity contribution in [2.45, 2.75) is 85.2 Å². The summed E-state index contributed by atoms with van der Waals surface area (Å²) < 4.78 is 0. The van der Waals surface area contributed by atoms with Crippen LogP contribution in [0, 0.1) is 17.8 Å². The maximum atomic E-state index is 13.4. The van der Waals surface area contributed by atoms with Crippen LogP contribution in [-0.4, -0.2) is 72.1 Å². The highest BCUT2D eigenvalue weighted by molar-refractivity contribution is 5.84. The summed E-state index contributed by atoms with van der Waals surface area (Å²) in [5.74, 6) is -2.97. The molecule has 0 fully saturated rings. The number of aliphatic carboxylic acids is 2. The summed E-state index contributed by atoms with van der Waals surface area (Å²) in [5, 5.41) is 36.8. The van der Waals surface area contributed by atoms with Gasteiger partial charge in [0.05, 0.1) is 5.92 Å². The van der Waals surface area contributed by atoms with Gasteiger partial charge in [0.1, 0.15) is 6.04 Å². The highest BCUT2D eigenvalue weighted by Gasteiger charge is 2.34. The molecule has 0 radical (unpaired) electrons. The van der Waals surface area contributed by atoms with Gasteiger partial charge in [0.25, 0.3) is 0 Å². The molecule has 0 saturated carbocycles. The van der Waals surface area contributed by atoms with Crippen LogP contribution in [0.2, 0.25) is 0 Å². The first-order valence-electron chi connectivity index (χ1n) is 16.0. The van der Waals surface area contributed by atoms with Crippen molar-refractivity contribution in [1.82, 2.24) is 30.8 Å². The number of amides is 2. The number of hydrogen-bond acceptors (Lipinski definition) is 7. The average molecular weight is 635 g/mol. The van der Waals surface area contributed by atoms with Gasteiger partial charge in [-0.2, -0.15) is 5.21 Å². The van der Waals surface area contributed by atoms with Crippen LogP contribution < -0.4 is 5.32 Å². The van der Waals surface area contributed by atoms with Crippen LogP contribution >= 0.6 is 0 Å². The average Bonchev–Trinajstić information content (AvgIpc) is 3.57. The normalized spacial score (nSPS) is 13.2. The summed E-state index contributed by atoms with van der Waals surface area (Å²) in [4.78, 5) is 51.4. The molecule has 1 aromatic heterocycles. The molecule has 3 atom stereocenters. The molecular formula is C34H46N6O6. The fourth-order valence-corrected chi connectivity index (χ4v) is 5.56. The summed E-state index contributed by atoms with van der Waals surface area (Å²) in [6.07, 6.45) is 3.52. The van der Waals surface area contributed by atoms with Gasteiger partial charge >= 0.3 is 11.9 Å². The highest BCUT2D eigenvalue weighted by atomic mass is 16.4. The van der Waals surface area contributed by atoms with Gasteiger partial charge in [-0.3, -0.25) is 14.4 Å². The molecule has 0 aliphatic rings. The lowest BCUT2D eigenvalue weighted by Crippen LogP contribution is -2.50. The van der Waals surface area contributed by atoms with E-state index >= 15 is 0 Å². The summed E-state index contributed by atoms with van der Waals surface area (Å²) >= 11 is 0. The molecule has 2 aromatic carbocycles. The molecule has 0 saturated heterocycles. The Balaban J connectivity index is 1.69. The largest absolute Gasteiger partial charge is 0.481 e. The van der Waals surface area contributed by atoms with Crippen molar-refractivity contribution < 1.29 is 29.4 Å². The zero-order chi connectivity index (χ0) is 33.6. The van der Waals surface area contributed by atoms with E-state index in [-0.39, 0.29) is 43.7 Å². The summed E-state index contributed by atoms with van der Waals surface area (Å²) in [7, 11) is 0. The molecule has 12 heteroatoms. The number of aromatic amines is 1. The third-order valence-electron chi connectivity index (χ3n) is 8.24. The van der Waals surface area contributed by atoms with E-state index in [0.29, 0.717) is 31.5 Å². The zero-order valence-electron chi connectivity index (χ0n) is 27.1. The van der Waals surface area contributed by atoms with Gasteiger partial charge in [-0.25, -0.2) is 4.79 Å². The minimum Gasteiger partial charge on any atom is -0.481 e. The number of carboxylic acids is 2. The van der Waals surface area contributed by atoms with E-state index in [0.717, 1.165) is 28.7 Å². The van der Waals surface area contributed by atoms with E-state index in [2.05, 4.69) is 25.9 Å². The Hall–Kier alpha value is -4.61. The third-order valence-corrected chi connectivity index (χ3v) is 8.24. The molecule has 0 aliphatic carbocycles. The second-order valence-electron chi connectivity index (χ2n) is 12.1. The molecule has 3 aromatic rings. The molecule has 0 bridgehead atoms. The first kappa shape index (κ1) is 35.9. The van der Waals surface area contributed by atoms with E-state index in [9.17, 15) is 29.4 Å². The number of benzene rings is 2. The molecule has 2 amide bonds. The molecular weight excluding hydrogens is 588 g/mol. The van der Waals surface area contributed by atoms with Crippen LogP contribution in [0.25, 0.3) is 22.5 Å². The molecule has 46 heavy (non-hydrogen) atoms. The highest BCUT2D eigenvalue weighted by Crippen LogP contribution is 2.30. The Bertz CT molecular complexity index is 1430. The van der Waals surface area contributed by atoms with Gasteiger partial charge in [-0.05, 0) is 47.1 Å². The molecule has 0 aliphatic heterocycles. The minimum atomic E-state index is -1.15.